The molecule has 0 aliphatic carbocycles. The summed E-state index contributed by atoms with van der Waals surface area (Å²) in [6, 6.07) is 0. The predicted molar refractivity (Wildman–Crippen MR) is 28.5 cm³/mol. The lowest BCUT2D eigenvalue weighted by molar-refractivity contribution is -0.266. The van der Waals surface area contributed by atoms with Crippen LogP contribution in [0.25, 0.3) is 0 Å². The van der Waals surface area contributed by atoms with Crippen molar-refractivity contribution in [2.24, 2.45) is 11.7 Å². The zero-order valence-corrected chi connectivity index (χ0v) is 5.39. The fourth-order valence-electron chi connectivity index (χ4n) is 0.835. The molecule has 64 valence electrons. The summed E-state index contributed by atoms with van der Waals surface area (Å²) in [5.74, 6) is -2.77. The van der Waals surface area contributed by atoms with Crippen molar-refractivity contribution in [3.8, 4) is 0 Å². The van der Waals surface area contributed by atoms with Crippen LogP contribution in [0.4, 0.5) is 13.2 Å². The SMILES string of the molecule is NC(=O)C1OCC1C(F)(F)F. The highest BCUT2D eigenvalue weighted by molar-refractivity contribution is 5.80. The van der Waals surface area contributed by atoms with Crippen LogP contribution in [0.5, 0.6) is 0 Å². The zero-order valence-electron chi connectivity index (χ0n) is 5.39. The van der Waals surface area contributed by atoms with Gasteiger partial charge in [-0.05, 0) is 0 Å². The Bertz CT molecular complexity index is 179. The van der Waals surface area contributed by atoms with Crippen LogP contribution in [0.15, 0.2) is 0 Å². The van der Waals surface area contributed by atoms with E-state index in [9.17, 15) is 18.0 Å². The lowest BCUT2D eigenvalue weighted by Gasteiger charge is -2.35. The van der Waals surface area contributed by atoms with Gasteiger partial charge >= 0.3 is 6.18 Å². The van der Waals surface area contributed by atoms with Crippen LogP contribution in [0.2, 0.25) is 0 Å². The molecule has 0 spiro atoms. The molecule has 0 radical (unpaired) electrons. The molecule has 1 heterocycles. The van der Waals surface area contributed by atoms with Gasteiger partial charge < -0.3 is 10.5 Å². The molecule has 1 aliphatic heterocycles. The van der Waals surface area contributed by atoms with Gasteiger partial charge in [0, 0.05) is 0 Å². The Balaban J connectivity index is 2.57. The topological polar surface area (TPSA) is 52.3 Å². The standard InChI is InChI=1S/C5H6F3NO2/c6-5(7,8)2-1-11-3(2)4(9)10/h2-3H,1H2,(H2,9,10). The second-order valence-corrected chi connectivity index (χ2v) is 2.30. The fraction of sp³-hybridized carbons (Fsp3) is 0.800. The highest BCUT2D eigenvalue weighted by Crippen LogP contribution is 2.36. The molecule has 6 heteroatoms. The first-order valence-corrected chi connectivity index (χ1v) is 2.90. The van der Waals surface area contributed by atoms with E-state index in [1.807, 2.05) is 0 Å². The Morgan fingerprint density at radius 3 is 2.18 bits per heavy atom. The molecule has 1 fully saturated rings. The summed E-state index contributed by atoms with van der Waals surface area (Å²) in [7, 11) is 0. The molecule has 0 bridgehead atoms. The molecular weight excluding hydrogens is 163 g/mol. The summed E-state index contributed by atoms with van der Waals surface area (Å²) >= 11 is 0. The van der Waals surface area contributed by atoms with Crippen LogP contribution in [-0.2, 0) is 9.53 Å². The molecule has 2 unspecified atom stereocenters. The summed E-state index contributed by atoms with van der Waals surface area (Å²) in [6.07, 6.45) is -5.85. The van der Waals surface area contributed by atoms with E-state index < -0.39 is 30.7 Å². The third kappa shape index (κ3) is 1.45. The number of nitrogens with two attached hydrogens (primary N) is 1. The minimum atomic E-state index is -4.38. The summed E-state index contributed by atoms with van der Waals surface area (Å²) in [6.45, 7) is -0.461. The van der Waals surface area contributed by atoms with E-state index in [0.717, 1.165) is 0 Å². The molecule has 1 rings (SSSR count). The molecule has 0 aromatic carbocycles. The Kier molecular flexibility index (Phi) is 1.79. The monoisotopic (exact) mass is 169 g/mol. The van der Waals surface area contributed by atoms with Crippen LogP contribution in [-0.4, -0.2) is 24.8 Å². The van der Waals surface area contributed by atoms with Crippen molar-refractivity contribution in [3.05, 3.63) is 0 Å². The summed E-state index contributed by atoms with van der Waals surface area (Å²) < 4.78 is 39.8. The number of hydrogen-bond acceptors (Lipinski definition) is 2. The fourth-order valence-corrected chi connectivity index (χ4v) is 0.835. The van der Waals surface area contributed by atoms with E-state index in [1.165, 1.54) is 0 Å². The highest BCUT2D eigenvalue weighted by atomic mass is 19.4. The molecule has 1 saturated heterocycles. The average molecular weight is 169 g/mol. The minimum absolute atomic E-state index is 0.461. The lowest BCUT2D eigenvalue weighted by Crippen LogP contribution is -2.54. The van der Waals surface area contributed by atoms with Crippen molar-refractivity contribution in [1.29, 1.82) is 0 Å². The van der Waals surface area contributed by atoms with Crippen molar-refractivity contribution in [3.63, 3.8) is 0 Å². The van der Waals surface area contributed by atoms with Crippen LogP contribution in [0, 0.1) is 5.92 Å². The molecule has 11 heavy (non-hydrogen) atoms. The van der Waals surface area contributed by atoms with Crippen LogP contribution in [0.1, 0.15) is 0 Å². The first-order chi connectivity index (χ1) is 4.93. The van der Waals surface area contributed by atoms with Gasteiger partial charge in [0.1, 0.15) is 12.0 Å². The van der Waals surface area contributed by atoms with Crippen LogP contribution < -0.4 is 5.73 Å². The van der Waals surface area contributed by atoms with Gasteiger partial charge in [0.25, 0.3) is 0 Å². The number of alkyl halides is 3. The van der Waals surface area contributed by atoms with Gasteiger partial charge in [-0.25, -0.2) is 0 Å². The number of primary amides is 1. The number of amides is 1. The van der Waals surface area contributed by atoms with E-state index in [1.54, 1.807) is 0 Å². The average Bonchev–Trinajstić information content (AvgIpc) is 1.51. The zero-order chi connectivity index (χ0) is 8.65. The molecular formula is C5H6F3NO2. The molecule has 0 aromatic rings. The van der Waals surface area contributed by atoms with Crippen molar-refractivity contribution < 1.29 is 22.7 Å². The molecule has 0 saturated carbocycles. The van der Waals surface area contributed by atoms with Crippen LogP contribution >= 0.6 is 0 Å². The normalized spacial score (nSPS) is 31.2. The van der Waals surface area contributed by atoms with Crippen LogP contribution in [0.3, 0.4) is 0 Å². The Morgan fingerprint density at radius 2 is 2.09 bits per heavy atom. The second-order valence-electron chi connectivity index (χ2n) is 2.30. The molecule has 0 aromatic heterocycles. The van der Waals surface area contributed by atoms with Crippen molar-refractivity contribution in [2.45, 2.75) is 12.3 Å². The van der Waals surface area contributed by atoms with Gasteiger partial charge in [-0.1, -0.05) is 0 Å². The number of hydrogen-bond donors (Lipinski definition) is 1. The number of rotatable bonds is 1. The summed E-state index contributed by atoms with van der Waals surface area (Å²) in [5.41, 5.74) is 4.62. The lowest BCUT2D eigenvalue weighted by atomic mass is 9.97. The van der Waals surface area contributed by atoms with Crippen molar-refractivity contribution in [1.82, 2.24) is 0 Å². The van der Waals surface area contributed by atoms with Gasteiger partial charge in [0.05, 0.1) is 6.61 Å². The van der Waals surface area contributed by atoms with E-state index in [0.29, 0.717) is 0 Å². The van der Waals surface area contributed by atoms with Crippen molar-refractivity contribution >= 4 is 5.91 Å². The Hall–Kier alpha value is -0.780. The smallest absolute Gasteiger partial charge is 0.367 e. The van der Waals surface area contributed by atoms with E-state index in [4.69, 9.17) is 0 Å². The molecule has 3 nitrogen and oxygen atoms in total. The van der Waals surface area contributed by atoms with Gasteiger partial charge in [-0.15, -0.1) is 0 Å². The molecule has 2 N–H and O–H groups in total. The minimum Gasteiger partial charge on any atom is -0.367 e. The van der Waals surface area contributed by atoms with Gasteiger partial charge in [0.2, 0.25) is 5.91 Å². The maximum absolute atomic E-state index is 11.8. The van der Waals surface area contributed by atoms with Crippen molar-refractivity contribution in [2.75, 3.05) is 6.61 Å². The number of ether oxygens (including phenoxy) is 1. The van der Waals surface area contributed by atoms with Gasteiger partial charge in [-0.3, -0.25) is 4.79 Å². The molecule has 2 atom stereocenters. The number of carbonyl (C=O) groups excluding carboxylic acids is 1. The van der Waals surface area contributed by atoms with E-state index in [2.05, 4.69) is 10.5 Å². The summed E-state index contributed by atoms with van der Waals surface area (Å²) in [5, 5.41) is 0. The Labute approximate surface area is 60.3 Å². The third-order valence-corrected chi connectivity index (χ3v) is 1.52. The highest BCUT2D eigenvalue weighted by Gasteiger charge is 2.53. The van der Waals surface area contributed by atoms with Gasteiger partial charge in [-0.2, -0.15) is 13.2 Å². The van der Waals surface area contributed by atoms with E-state index >= 15 is 0 Å². The maximum Gasteiger partial charge on any atom is 0.397 e. The maximum atomic E-state index is 11.8. The molecule has 1 amide bonds. The van der Waals surface area contributed by atoms with Gasteiger partial charge in [0.15, 0.2) is 0 Å². The van der Waals surface area contributed by atoms with E-state index in [-0.39, 0.29) is 0 Å². The summed E-state index contributed by atoms with van der Waals surface area (Å²) in [4.78, 5) is 10.2. The first kappa shape index (κ1) is 8.32. The number of halogens is 3. The third-order valence-electron chi connectivity index (χ3n) is 1.52. The largest absolute Gasteiger partial charge is 0.397 e. The molecule has 1 aliphatic rings. The number of carbonyl (C=O) groups is 1. The second kappa shape index (κ2) is 2.37. The quantitative estimate of drug-likeness (QED) is 0.602. The first-order valence-electron chi connectivity index (χ1n) is 2.90. The predicted octanol–water partition coefficient (Wildman–Crippen LogP) is 0.0490. The Morgan fingerprint density at radius 1 is 1.55 bits per heavy atom.